The van der Waals surface area contributed by atoms with Gasteiger partial charge in [-0.15, -0.1) is 0 Å². The largest absolute Gasteiger partial charge is 0.465 e. The van der Waals surface area contributed by atoms with E-state index in [0.717, 1.165) is 73.0 Å². The van der Waals surface area contributed by atoms with E-state index in [1.54, 1.807) is 13.8 Å². The fraction of sp³-hybridized carbons (Fsp3) is 0.915. The number of cyclic esters (lactones) is 3. The lowest BCUT2D eigenvalue weighted by molar-refractivity contribution is -0.174. The molecule has 2 heterocycles. The van der Waals surface area contributed by atoms with E-state index >= 15 is 0 Å². The van der Waals surface area contributed by atoms with Crippen molar-refractivity contribution in [2.75, 3.05) is 6.61 Å². The van der Waals surface area contributed by atoms with Crippen LogP contribution in [0.2, 0.25) is 0 Å². The van der Waals surface area contributed by atoms with Crippen molar-refractivity contribution < 1.29 is 33.4 Å². The summed E-state index contributed by atoms with van der Waals surface area (Å²) in [7, 11) is 0. The fourth-order valence-corrected chi connectivity index (χ4v) is 12.0. The third-order valence-corrected chi connectivity index (χ3v) is 15.9. The minimum absolute atomic E-state index is 0. The Morgan fingerprint density at radius 1 is 0.704 bits per heavy atom. The Morgan fingerprint density at radius 3 is 1.69 bits per heavy atom. The molecule has 0 N–H and O–H groups in total. The van der Waals surface area contributed by atoms with Crippen molar-refractivity contribution in [3.05, 3.63) is 0 Å². The molecule has 7 heteroatoms. The lowest BCUT2D eigenvalue weighted by atomic mass is 9.73. The highest BCUT2D eigenvalue weighted by atomic mass is 16.6. The van der Waals surface area contributed by atoms with Crippen molar-refractivity contribution in [1.82, 2.24) is 0 Å². The summed E-state index contributed by atoms with van der Waals surface area (Å²) in [5, 5.41) is 0. The number of esters is 4. The Balaban J connectivity index is 0.000000786. The molecular formula is C47H88O7. The second kappa shape index (κ2) is 21.0. The molecule has 8 fully saturated rings. The standard InChI is InChI=1S/C19H30O2.C16H26O2.C6H8O3.6CH4/c1-4-19(10-13-5-6-15(19)7-13)21-18(20)17-9-14-8-16(17)12(3)11(14)2;1-10-11(2)15-8-14(10)7-13(15)5-3-12-4-6-16(17)18-9-12;1-3-4(2)6(8)9-5(3)7;;;;;;/h11-17H,4-10H2,1-3H3;10-15H,3-9H2,1-2H3;3-4H,1-2H3;6*1H4. The van der Waals surface area contributed by atoms with Crippen LogP contribution in [-0.4, -0.2) is 36.1 Å². The molecule has 0 radical (unpaired) electrons. The maximum absolute atomic E-state index is 12.9. The van der Waals surface area contributed by atoms with Gasteiger partial charge in [0, 0.05) is 6.42 Å². The van der Waals surface area contributed by atoms with E-state index in [9.17, 15) is 19.2 Å². The SMILES string of the molecule is C.C.C.C.C.C.CC1C(=O)OC(=O)C1C.CC1C2CC(CCC3CCC(=O)OC3)C(C2)C1C.CCC1(OC(=O)C2CC3CC2C(C)C3C)CC2CCC1C2. The van der Waals surface area contributed by atoms with Crippen LogP contribution in [0, 0.1) is 88.8 Å². The van der Waals surface area contributed by atoms with E-state index < -0.39 is 11.9 Å². The highest BCUT2D eigenvalue weighted by Gasteiger charge is 2.56. The molecule has 8 rings (SSSR count). The van der Waals surface area contributed by atoms with Crippen molar-refractivity contribution in [3.63, 3.8) is 0 Å². The molecule has 8 aliphatic rings. The minimum atomic E-state index is -0.396. The maximum atomic E-state index is 12.9. The molecule has 6 bridgehead atoms. The lowest BCUT2D eigenvalue weighted by Gasteiger charge is -2.39. The van der Waals surface area contributed by atoms with Gasteiger partial charge in [-0.25, -0.2) is 0 Å². The number of ether oxygens (including phenoxy) is 3. The molecule has 7 nitrogen and oxygen atoms in total. The Labute approximate surface area is 334 Å². The number of rotatable bonds is 6. The second-order valence-electron chi connectivity index (χ2n) is 18.0. The summed E-state index contributed by atoms with van der Waals surface area (Å²) in [6.45, 7) is 15.9. The third-order valence-electron chi connectivity index (χ3n) is 15.9. The minimum Gasteiger partial charge on any atom is -0.465 e. The van der Waals surface area contributed by atoms with Gasteiger partial charge < -0.3 is 14.2 Å². The first-order chi connectivity index (χ1) is 22.8. The summed E-state index contributed by atoms with van der Waals surface area (Å²) in [6.07, 6.45) is 15.8. The summed E-state index contributed by atoms with van der Waals surface area (Å²) in [5.41, 5.74) is -0.0866. The van der Waals surface area contributed by atoms with Crippen LogP contribution in [0.5, 0.6) is 0 Å². The van der Waals surface area contributed by atoms with Crippen molar-refractivity contribution in [3.8, 4) is 0 Å². The van der Waals surface area contributed by atoms with E-state index in [1.165, 1.54) is 51.4 Å². The van der Waals surface area contributed by atoms with Gasteiger partial charge in [-0.1, -0.05) is 93.0 Å². The van der Waals surface area contributed by atoms with Gasteiger partial charge in [0.05, 0.1) is 24.4 Å². The number of carbonyl (C=O) groups excluding carboxylic acids is 4. The topological polar surface area (TPSA) is 96.0 Å². The third kappa shape index (κ3) is 10.1. The van der Waals surface area contributed by atoms with E-state index in [0.29, 0.717) is 36.7 Å². The molecule has 0 aromatic carbocycles. The maximum Gasteiger partial charge on any atom is 0.317 e. The number of fused-ring (bicyclic) bond motifs is 6. The average molecular weight is 765 g/mol. The molecule has 16 unspecified atom stereocenters. The zero-order valence-corrected chi connectivity index (χ0v) is 30.9. The van der Waals surface area contributed by atoms with Gasteiger partial charge in [-0.2, -0.15) is 0 Å². The van der Waals surface area contributed by atoms with Crippen LogP contribution in [0.1, 0.15) is 176 Å². The van der Waals surface area contributed by atoms with Crippen LogP contribution in [0.4, 0.5) is 0 Å². The van der Waals surface area contributed by atoms with Gasteiger partial charge in [0.1, 0.15) is 5.60 Å². The van der Waals surface area contributed by atoms with E-state index in [-0.39, 0.29) is 79.9 Å². The molecule has 6 aliphatic carbocycles. The van der Waals surface area contributed by atoms with Crippen LogP contribution in [0.15, 0.2) is 0 Å². The monoisotopic (exact) mass is 765 g/mol. The smallest absolute Gasteiger partial charge is 0.317 e. The second-order valence-corrected chi connectivity index (χ2v) is 18.0. The van der Waals surface area contributed by atoms with Gasteiger partial charge in [-0.3, -0.25) is 19.2 Å². The predicted molar refractivity (Wildman–Crippen MR) is 223 cm³/mol. The molecule has 0 amide bonds. The quantitative estimate of drug-likeness (QED) is 0.151. The number of hydrogen-bond donors (Lipinski definition) is 0. The molecule has 6 saturated carbocycles. The van der Waals surface area contributed by atoms with E-state index in [4.69, 9.17) is 9.47 Å². The number of hydrogen-bond acceptors (Lipinski definition) is 7. The normalized spacial score (nSPS) is 42.7. The predicted octanol–water partition coefficient (Wildman–Crippen LogP) is 12.2. The Kier molecular flexibility index (Phi) is 20.3. The molecule has 0 aromatic heterocycles. The lowest BCUT2D eigenvalue weighted by Crippen LogP contribution is -2.43. The molecule has 2 aliphatic heterocycles. The van der Waals surface area contributed by atoms with E-state index in [2.05, 4.69) is 39.4 Å². The summed E-state index contributed by atoms with van der Waals surface area (Å²) in [4.78, 5) is 45.0. The molecular weight excluding hydrogens is 677 g/mol. The summed E-state index contributed by atoms with van der Waals surface area (Å²) < 4.78 is 15.7. The van der Waals surface area contributed by atoms with Gasteiger partial charge in [0.25, 0.3) is 0 Å². The van der Waals surface area contributed by atoms with E-state index in [1.807, 2.05) is 0 Å². The van der Waals surface area contributed by atoms with Crippen LogP contribution >= 0.6 is 0 Å². The first-order valence-corrected chi connectivity index (χ1v) is 20.0. The van der Waals surface area contributed by atoms with Crippen LogP contribution in [-0.2, 0) is 33.4 Å². The van der Waals surface area contributed by atoms with Crippen molar-refractivity contribution in [2.24, 2.45) is 88.8 Å². The Hall–Kier alpha value is -1.92. The highest BCUT2D eigenvalue weighted by Crippen LogP contribution is 2.58. The number of carbonyl (C=O) groups is 4. The average Bonchev–Trinajstić information content (AvgIpc) is 3.95. The van der Waals surface area contributed by atoms with Crippen molar-refractivity contribution in [1.29, 1.82) is 0 Å². The Bertz CT molecular complexity index is 1180. The first-order valence-electron chi connectivity index (χ1n) is 20.0. The van der Waals surface area contributed by atoms with Gasteiger partial charge in [-0.05, 0) is 148 Å². The molecule has 54 heavy (non-hydrogen) atoms. The molecule has 0 spiro atoms. The van der Waals surface area contributed by atoms with Crippen LogP contribution < -0.4 is 0 Å². The molecule has 2 saturated heterocycles. The first kappa shape index (κ1) is 52.1. The van der Waals surface area contributed by atoms with Crippen molar-refractivity contribution >= 4 is 23.9 Å². The van der Waals surface area contributed by atoms with Gasteiger partial charge in [0.15, 0.2) is 0 Å². The van der Waals surface area contributed by atoms with Crippen LogP contribution in [0.25, 0.3) is 0 Å². The zero-order valence-electron chi connectivity index (χ0n) is 30.9. The molecule has 318 valence electrons. The highest BCUT2D eigenvalue weighted by molar-refractivity contribution is 5.95. The van der Waals surface area contributed by atoms with Gasteiger partial charge in [0.2, 0.25) is 0 Å². The molecule has 16 atom stereocenters. The van der Waals surface area contributed by atoms with Crippen molar-refractivity contribution in [2.45, 2.75) is 182 Å². The molecule has 0 aromatic rings. The summed E-state index contributed by atoms with van der Waals surface area (Å²) in [6, 6.07) is 0. The van der Waals surface area contributed by atoms with Gasteiger partial charge >= 0.3 is 23.9 Å². The fourth-order valence-electron chi connectivity index (χ4n) is 12.0. The summed E-state index contributed by atoms with van der Waals surface area (Å²) in [5.74, 6) is 9.00. The summed E-state index contributed by atoms with van der Waals surface area (Å²) >= 11 is 0. The van der Waals surface area contributed by atoms with Crippen LogP contribution in [0.3, 0.4) is 0 Å². The zero-order chi connectivity index (χ0) is 34.5. The Morgan fingerprint density at radius 2 is 1.28 bits per heavy atom.